The maximum absolute atomic E-state index is 14.0. The highest BCUT2D eigenvalue weighted by Crippen LogP contribution is 2.38. The number of allylic oxidation sites excluding steroid dienone is 4. The van der Waals surface area contributed by atoms with Gasteiger partial charge in [0, 0.05) is 34.8 Å². The minimum Gasteiger partial charge on any atom is -0.310 e. The average molecular weight is 411 g/mol. The highest BCUT2D eigenvalue weighted by atomic mass is 19.1. The number of nitrogens with zero attached hydrogens (tertiary/aromatic N) is 3. The molecule has 6 rings (SSSR count). The molecule has 0 amide bonds. The van der Waals surface area contributed by atoms with E-state index in [1.807, 2.05) is 28.8 Å². The van der Waals surface area contributed by atoms with E-state index in [-0.39, 0.29) is 23.5 Å². The van der Waals surface area contributed by atoms with Crippen molar-refractivity contribution in [2.24, 2.45) is 5.92 Å². The molecule has 5 aromatic rings. The van der Waals surface area contributed by atoms with Gasteiger partial charge in [0.1, 0.15) is 17.3 Å². The average Bonchev–Trinajstić information content (AvgIpc) is 3.32. The summed E-state index contributed by atoms with van der Waals surface area (Å²) >= 11 is 0. The maximum atomic E-state index is 14.0. The zero-order chi connectivity index (χ0) is 21.1. The van der Waals surface area contributed by atoms with E-state index < -0.39 is 0 Å². The van der Waals surface area contributed by atoms with Crippen LogP contribution in [0, 0.1) is 17.6 Å². The van der Waals surface area contributed by atoms with Crippen molar-refractivity contribution in [1.82, 2.24) is 14.0 Å². The Hall–Kier alpha value is -3.73. The van der Waals surface area contributed by atoms with Crippen LogP contribution in [-0.4, -0.2) is 14.0 Å². The predicted octanol–water partition coefficient (Wildman–Crippen LogP) is 6.55. The fraction of sp³-hybridized carbons (Fsp3) is 0.115. The summed E-state index contributed by atoms with van der Waals surface area (Å²) in [5.74, 6) is -0.293. The first-order valence-corrected chi connectivity index (χ1v) is 10.3. The van der Waals surface area contributed by atoms with Crippen molar-refractivity contribution in [3.63, 3.8) is 0 Å². The Morgan fingerprint density at radius 1 is 0.903 bits per heavy atom. The normalized spacial score (nSPS) is 18.9. The molecule has 3 heterocycles. The summed E-state index contributed by atoms with van der Waals surface area (Å²) in [5, 5.41) is 1.41. The van der Waals surface area contributed by atoms with E-state index in [2.05, 4.69) is 35.9 Å². The van der Waals surface area contributed by atoms with Gasteiger partial charge in [0.15, 0.2) is 0 Å². The molecule has 2 aromatic carbocycles. The summed E-state index contributed by atoms with van der Waals surface area (Å²) in [6, 6.07) is 15.3. The van der Waals surface area contributed by atoms with E-state index in [0.29, 0.717) is 10.8 Å². The quantitative estimate of drug-likeness (QED) is 0.323. The molecule has 0 N–H and O–H groups in total. The SMILES string of the molecule is CC1C=C(n2c3ccc(F)cc3c3cc(F)ccc32)C=CC1c1cn2ccccc2n1. The van der Waals surface area contributed by atoms with Crippen LogP contribution < -0.4 is 0 Å². The smallest absolute Gasteiger partial charge is 0.136 e. The first-order chi connectivity index (χ1) is 15.1. The van der Waals surface area contributed by atoms with Gasteiger partial charge in [-0.3, -0.25) is 0 Å². The summed E-state index contributed by atoms with van der Waals surface area (Å²) in [4.78, 5) is 4.79. The number of fused-ring (bicyclic) bond motifs is 4. The molecule has 0 radical (unpaired) electrons. The molecular weight excluding hydrogens is 392 g/mol. The molecule has 1 aliphatic carbocycles. The van der Waals surface area contributed by atoms with Crippen LogP contribution in [0.25, 0.3) is 33.2 Å². The van der Waals surface area contributed by atoms with Gasteiger partial charge >= 0.3 is 0 Å². The maximum Gasteiger partial charge on any atom is 0.136 e. The lowest BCUT2D eigenvalue weighted by molar-refractivity contribution is 0.622. The highest BCUT2D eigenvalue weighted by Gasteiger charge is 2.23. The highest BCUT2D eigenvalue weighted by molar-refractivity contribution is 6.10. The first-order valence-electron chi connectivity index (χ1n) is 10.3. The third kappa shape index (κ3) is 2.81. The fourth-order valence-electron chi connectivity index (χ4n) is 4.68. The van der Waals surface area contributed by atoms with Crippen molar-refractivity contribution in [1.29, 1.82) is 0 Å². The van der Waals surface area contributed by atoms with Gasteiger partial charge in [-0.05, 0) is 60.5 Å². The van der Waals surface area contributed by atoms with Crippen molar-refractivity contribution in [3.05, 3.63) is 103 Å². The minimum atomic E-state index is -0.329. The number of halogens is 2. The Labute approximate surface area is 177 Å². The van der Waals surface area contributed by atoms with Crippen LogP contribution in [0.3, 0.4) is 0 Å². The number of imidazole rings is 1. The Kier molecular flexibility index (Phi) is 3.87. The van der Waals surface area contributed by atoms with E-state index in [0.717, 1.165) is 28.1 Å². The molecule has 0 bridgehead atoms. The molecule has 3 aromatic heterocycles. The van der Waals surface area contributed by atoms with Gasteiger partial charge < -0.3 is 8.97 Å². The summed E-state index contributed by atoms with van der Waals surface area (Å²) < 4.78 is 32.0. The van der Waals surface area contributed by atoms with Crippen LogP contribution >= 0.6 is 0 Å². The van der Waals surface area contributed by atoms with Crippen LogP contribution in [0.2, 0.25) is 0 Å². The van der Waals surface area contributed by atoms with E-state index in [4.69, 9.17) is 4.98 Å². The van der Waals surface area contributed by atoms with E-state index in [1.165, 1.54) is 24.3 Å². The lowest BCUT2D eigenvalue weighted by atomic mass is 9.86. The Morgan fingerprint density at radius 2 is 1.61 bits per heavy atom. The van der Waals surface area contributed by atoms with Crippen molar-refractivity contribution < 1.29 is 8.78 Å². The zero-order valence-corrected chi connectivity index (χ0v) is 16.8. The molecular formula is C26H19F2N3. The van der Waals surface area contributed by atoms with Crippen molar-refractivity contribution in [3.8, 4) is 0 Å². The second-order valence-electron chi connectivity index (χ2n) is 8.13. The van der Waals surface area contributed by atoms with Crippen LogP contribution in [-0.2, 0) is 0 Å². The van der Waals surface area contributed by atoms with Gasteiger partial charge in [-0.1, -0.05) is 25.1 Å². The molecule has 1 aliphatic rings. The lowest BCUT2D eigenvalue weighted by Crippen LogP contribution is -2.11. The number of pyridine rings is 1. The summed E-state index contributed by atoms with van der Waals surface area (Å²) in [6.07, 6.45) is 10.5. The van der Waals surface area contributed by atoms with E-state index in [9.17, 15) is 8.78 Å². The molecule has 0 aliphatic heterocycles. The predicted molar refractivity (Wildman–Crippen MR) is 120 cm³/mol. The monoisotopic (exact) mass is 411 g/mol. The number of hydrogen-bond acceptors (Lipinski definition) is 1. The van der Waals surface area contributed by atoms with Crippen molar-refractivity contribution >= 4 is 33.2 Å². The topological polar surface area (TPSA) is 22.2 Å². The van der Waals surface area contributed by atoms with Gasteiger partial charge in [0.25, 0.3) is 0 Å². The molecule has 2 unspecified atom stereocenters. The number of benzene rings is 2. The molecule has 5 heteroatoms. The summed E-state index contributed by atoms with van der Waals surface area (Å²) in [6.45, 7) is 2.17. The molecule has 31 heavy (non-hydrogen) atoms. The van der Waals surface area contributed by atoms with Gasteiger partial charge in [0.2, 0.25) is 0 Å². The van der Waals surface area contributed by atoms with Gasteiger partial charge in [0.05, 0.1) is 16.7 Å². The third-order valence-electron chi connectivity index (χ3n) is 6.15. The van der Waals surface area contributed by atoms with Crippen LogP contribution in [0.1, 0.15) is 18.5 Å². The molecule has 3 nitrogen and oxygen atoms in total. The molecule has 0 saturated heterocycles. The van der Waals surface area contributed by atoms with Crippen molar-refractivity contribution in [2.45, 2.75) is 12.8 Å². The van der Waals surface area contributed by atoms with Crippen LogP contribution in [0.5, 0.6) is 0 Å². The largest absolute Gasteiger partial charge is 0.310 e. The third-order valence-corrected chi connectivity index (χ3v) is 6.15. The van der Waals surface area contributed by atoms with Crippen LogP contribution in [0.4, 0.5) is 8.78 Å². The molecule has 0 fully saturated rings. The molecule has 152 valence electrons. The van der Waals surface area contributed by atoms with Gasteiger partial charge in [-0.15, -0.1) is 0 Å². The molecule has 2 atom stereocenters. The van der Waals surface area contributed by atoms with E-state index >= 15 is 0 Å². The summed E-state index contributed by atoms with van der Waals surface area (Å²) in [5.41, 5.74) is 4.66. The van der Waals surface area contributed by atoms with E-state index in [1.54, 1.807) is 12.1 Å². The Balaban J connectivity index is 1.48. The second-order valence-corrected chi connectivity index (χ2v) is 8.13. The fourth-order valence-corrected chi connectivity index (χ4v) is 4.68. The zero-order valence-electron chi connectivity index (χ0n) is 16.8. The molecule has 0 spiro atoms. The Morgan fingerprint density at radius 3 is 2.26 bits per heavy atom. The van der Waals surface area contributed by atoms with Gasteiger partial charge in [-0.25, -0.2) is 13.8 Å². The lowest BCUT2D eigenvalue weighted by Gasteiger charge is -2.23. The minimum absolute atomic E-state index is 0.159. The standard InChI is InChI=1S/C26H19F2N3/c1-16-12-19(7-8-20(16)23-15-30-11-3-2-4-26(30)29-23)31-24-9-5-17(27)13-21(24)22-14-18(28)6-10-25(22)31/h2-16,20H,1H3. The van der Waals surface area contributed by atoms with Crippen molar-refractivity contribution in [2.75, 3.05) is 0 Å². The summed E-state index contributed by atoms with van der Waals surface area (Å²) in [7, 11) is 0. The second kappa shape index (κ2) is 6.64. The van der Waals surface area contributed by atoms with Gasteiger partial charge in [-0.2, -0.15) is 0 Å². The van der Waals surface area contributed by atoms with Crippen LogP contribution in [0.15, 0.2) is 85.2 Å². The number of aromatic nitrogens is 3. The number of rotatable bonds is 2. The first kappa shape index (κ1) is 18.1. The number of hydrogen-bond donors (Lipinski definition) is 0. The Bertz CT molecular complexity index is 1440. The molecule has 0 saturated carbocycles.